The Kier molecular flexibility index (Phi) is 10.4. The van der Waals surface area contributed by atoms with Crippen molar-refractivity contribution in [3.63, 3.8) is 0 Å². The number of carbonyl (C=O) groups is 3. The second kappa shape index (κ2) is 17.1. The first kappa shape index (κ1) is 41.0. The molecule has 0 bridgehead atoms. The van der Waals surface area contributed by atoms with Crippen LogP contribution in [0.1, 0.15) is 22.3 Å². The van der Waals surface area contributed by atoms with E-state index in [1.807, 2.05) is 83.8 Å². The second-order valence-corrected chi connectivity index (χ2v) is 17.8. The summed E-state index contributed by atoms with van der Waals surface area (Å²) in [5.74, 6) is 0.0714. The number of amides is 3. The molecule has 2 unspecified atom stereocenters. The Morgan fingerprint density at radius 2 is 1.24 bits per heavy atom. The average molecular weight is 896 g/mol. The molecule has 3 amide bonds. The SMILES string of the molecule is O=C1Nc2ccc(N3c4ccc(N5CCOCC5)cc4N(C(=O)C4COc5ccccc5C4)Cc4cccnc43)cc2CC1C(=O)N1Cc2cccnc2Nc2ccc(N3CCOCC3)cc21. The van der Waals surface area contributed by atoms with Gasteiger partial charge in [-0.3, -0.25) is 19.3 Å². The zero-order chi connectivity index (χ0) is 45.0. The molecule has 0 aliphatic carbocycles. The highest BCUT2D eigenvalue weighted by atomic mass is 16.5. The standard InChI is InChI=1S/C52H49N9O6/c62-50-41(52(64)59-30-34-6-3-15-53-48(34)55-43-13-9-38(28-45(43)59)57-17-21-65-22-18-57)27-36-26-40(10-12-42(36)56-50)61-44-14-11-39(58-19-23-66-24-20-58)29-46(44)60(31-35-7-4-16-54-49(35)61)51(63)37-25-33-5-1-2-8-47(33)67-32-37/h1-16,26,28-29,37,41H,17-25,27,30-32H2,(H,53,55)(H,56,62). The van der Waals surface area contributed by atoms with Gasteiger partial charge in [-0.05, 0) is 96.8 Å². The van der Waals surface area contributed by atoms with Gasteiger partial charge in [-0.1, -0.05) is 30.3 Å². The number of para-hydroxylation sites is 1. The maximum atomic E-state index is 15.1. The molecule has 2 N–H and O–H groups in total. The van der Waals surface area contributed by atoms with Crippen molar-refractivity contribution in [1.29, 1.82) is 0 Å². The van der Waals surface area contributed by atoms with Crippen LogP contribution in [0.15, 0.2) is 116 Å². The monoisotopic (exact) mass is 895 g/mol. The van der Waals surface area contributed by atoms with Crippen molar-refractivity contribution in [1.82, 2.24) is 9.97 Å². The zero-order valence-electron chi connectivity index (χ0n) is 36.9. The summed E-state index contributed by atoms with van der Waals surface area (Å²) in [5.41, 5.74) is 9.90. The topological polar surface area (TPSA) is 145 Å². The number of nitrogens with one attached hydrogen (secondary N) is 2. The van der Waals surface area contributed by atoms with Crippen molar-refractivity contribution < 1.29 is 28.6 Å². The molecule has 2 fully saturated rings. The first-order valence-corrected chi connectivity index (χ1v) is 23.1. The molecule has 8 heterocycles. The molecule has 0 saturated carbocycles. The summed E-state index contributed by atoms with van der Waals surface area (Å²) in [6.45, 7) is 6.25. The number of anilines is 10. The van der Waals surface area contributed by atoms with E-state index in [1.54, 1.807) is 17.3 Å². The molecule has 67 heavy (non-hydrogen) atoms. The largest absolute Gasteiger partial charge is 0.492 e. The maximum absolute atomic E-state index is 15.1. The lowest BCUT2D eigenvalue weighted by Crippen LogP contribution is -2.44. The van der Waals surface area contributed by atoms with Crippen molar-refractivity contribution in [2.75, 3.05) is 94.3 Å². The molecule has 2 atom stereocenters. The third kappa shape index (κ3) is 7.53. The number of rotatable bonds is 5. The van der Waals surface area contributed by atoms with Crippen LogP contribution in [0, 0.1) is 11.8 Å². The summed E-state index contributed by atoms with van der Waals surface area (Å²) in [7, 11) is 0. The number of ether oxygens (including phenoxy) is 3. The van der Waals surface area contributed by atoms with E-state index in [0.717, 1.165) is 88.3 Å². The molecule has 338 valence electrons. The van der Waals surface area contributed by atoms with Crippen molar-refractivity contribution >= 4 is 74.9 Å². The minimum Gasteiger partial charge on any atom is -0.492 e. The zero-order valence-corrected chi connectivity index (χ0v) is 36.9. The Morgan fingerprint density at radius 1 is 0.582 bits per heavy atom. The number of carbonyl (C=O) groups excluding carboxylic acids is 3. The van der Waals surface area contributed by atoms with E-state index in [2.05, 4.69) is 54.6 Å². The Morgan fingerprint density at radius 3 is 2.04 bits per heavy atom. The first-order chi connectivity index (χ1) is 32.9. The van der Waals surface area contributed by atoms with Crippen LogP contribution >= 0.6 is 0 Å². The number of benzene rings is 4. The van der Waals surface area contributed by atoms with Crippen LogP contribution in [0.3, 0.4) is 0 Å². The fourth-order valence-electron chi connectivity index (χ4n) is 10.3. The highest BCUT2D eigenvalue weighted by molar-refractivity contribution is 6.15. The van der Waals surface area contributed by atoms with Crippen LogP contribution in [-0.2, 0) is 49.8 Å². The van der Waals surface area contributed by atoms with Gasteiger partial charge in [-0.25, -0.2) is 9.97 Å². The van der Waals surface area contributed by atoms with Gasteiger partial charge >= 0.3 is 0 Å². The van der Waals surface area contributed by atoms with Crippen LogP contribution < -0.4 is 39.9 Å². The molecule has 2 aromatic heterocycles. The molecule has 12 rings (SSSR count). The number of fused-ring (bicyclic) bond motifs is 6. The highest BCUT2D eigenvalue weighted by Gasteiger charge is 2.40. The molecule has 15 nitrogen and oxygen atoms in total. The fraction of sp³-hybridized carbons (Fsp3) is 0.288. The molecule has 0 spiro atoms. The highest BCUT2D eigenvalue weighted by Crippen LogP contribution is 2.48. The fourth-order valence-corrected chi connectivity index (χ4v) is 10.3. The number of nitrogens with zero attached hydrogens (tertiary/aromatic N) is 7. The minimum absolute atomic E-state index is 0.0261. The van der Waals surface area contributed by atoms with Gasteiger partial charge in [0.25, 0.3) is 0 Å². The summed E-state index contributed by atoms with van der Waals surface area (Å²) < 4.78 is 17.5. The van der Waals surface area contributed by atoms with E-state index in [1.165, 1.54) is 0 Å². The molecule has 6 aliphatic rings. The van der Waals surface area contributed by atoms with E-state index in [-0.39, 0.29) is 37.3 Å². The Bertz CT molecular complexity index is 2930. The molecule has 6 aromatic rings. The second-order valence-electron chi connectivity index (χ2n) is 17.8. The van der Waals surface area contributed by atoms with Gasteiger partial charge in [0.2, 0.25) is 17.7 Å². The van der Waals surface area contributed by atoms with E-state index in [0.29, 0.717) is 62.4 Å². The maximum Gasteiger partial charge on any atom is 0.240 e. The van der Waals surface area contributed by atoms with Gasteiger partial charge < -0.3 is 44.4 Å². The molecule has 15 heteroatoms. The summed E-state index contributed by atoms with van der Waals surface area (Å²) in [5, 5.41) is 6.56. The van der Waals surface area contributed by atoms with Gasteiger partial charge in [0, 0.05) is 72.4 Å². The number of aromatic nitrogens is 2. The quantitative estimate of drug-likeness (QED) is 0.170. The third-order valence-electron chi connectivity index (χ3n) is 13.8. The minimum atomic E-state index is -1.02. The van der Waals surface area contributed by atoms with Crippen LogP contribution in [0.5, 0.6) is 5.75 Å². The lowest BCUT2D eigenvalue weighted by atomic mass is 9.91. The summed E-state index contributed by atoms with van der Waals surface area (Å²) in [6.07, 6.45) is 4.25. The van der Waals surface area contributed by atoms with E-state index < -0.39 is 11.8 Å². The van der Waals surface area contributed by atoms with Gasteiger partial charge in [-0.15, -0.1) is 0 Å². The van der Waals surface area contributed by atoms with Gasteiger partial charge in [0.05, 0.1) is 68.2 Å². The number of morpholine rings is 2. The number of pyridine rings is 2. The smallest absolute Gasteiger partial charge is 0.240 e. The summed E-state index contributed by atoms with van der Waals surface area (Å²) >= 11 is 0. The third-order valence-corrected chi connectivity index (χ3v) is 13.8. The van der Waals surface area contributed by atoms with Crippen LogP contribution in [0.2, 0.25) is 0 Å². The van der Waals surface area contributed by atoms with E-state index >= 15 is 9.59 Å². The molecule has 4 aromatic carbocycles. The van der Waals surface area contributed by atoms with Crippen LogP contribution in [0.4, 0.5) is 57.1 Å². The lowest BCUT2D eigenvalue weighted by molar-refractivity contribution is -0.131. The van der Waals surface area contributed by atoms with E-state index in [9.17, 15) is 4.79 Å². The predicted molar refractivity (Wildman–Crippen MR) is 256 cm³/mol. The summed E-state index contributed by atoms with van der Waals surface area (Å²) in [4.78, 5) is 64.2. The van der Waals surface area contributed by atoms with Crippen LogP contribution in [0.25, 0.3) is 0 Å². The average Bonchev–Trinajstić information content (AvgIpc) is 3.64. The number of hydrogen-bond donors (Lipinski definition) is 2. The lowest BCUT2D eigenvalue weighted by Gasteiger charge is -2.34. The molecular weight excluding hydrogens is 847 g/mol. The van der Waals surface area contributed by atoms with Crippen LogP contribution in [-0.4, -0.2) is 86.9 Å². The molecule has 2 saturated heterocycles. The Hall–Kier alpha value is -7.49. The Labute approximate surface area is 387 Å². The molecule has 6 aliphatic heterocycles. The number of hydrogen-bond acceptors (Lipinski definition) is 12. The van der Waals surface area contributed by atoms with Gasteiger partial charge in [0.1, 0.15) is 29.9 Å². The predicted octanol–water partition coefficient (Wildman–Crippen LogP) is 7.12. The summed E-state index contributed by atoms with van der Waals surface area (Å²) in [6, 6.07) is 34.0. The van der Waals surface area contributed by atoms with Crippen molar-refractivity contribution in [2.24, 2.45) is 11.8 Å². The van der Waals surface area contributed by atoms with Crippen molar-refractivity contribution in [2.45, 2.75) is 25.9 Å². The van der Waals surface area contributed by atoms with Crippen molar-refractivity contribution in [3.05, 3.63) is 138 Å². The molecular formula is C52H49N9O6. The van der Waals surface area contributed by atoms with Gasteiger partial charge in [-0.2, -0.15) is 0 Å². The van der Waals surface area contributed by atoms with Gasteiger partial charge in [0.15, 0.2) is 0 Å². The molecule has 0 radical (unpaired) electrons. The Balaban J connectivity index is 0.916. The normalized spacial score (nSPS) is 19.7. The van der Waals surface area contributed by atoms with Crippen molar-refractivity contribution in [3.8, 4) is 5.75 Å². The first-order valence-electron chi connectivity index (χ1n) is 23.1. The van der Waals surface area contributed by atoms with E-state index in [4.69, 9.17) is 19.2 Å².